The Labute approximate surface area is 114 Å². The summed E-state index contributed by atoms with van der Waals surface area (Å²) in [6.45, 7) is 3.89. The molecule has 0 aromatic rings. The molecule has 0 rings (SSSR count). The minimum atomic E-state index is -3.29. The second kappa shape index (κ2) is 10.1. The minimum Gasteiger partial charge on any atom is -0.469 e. The highest BCUT2D eigenvalue weighted by Crippen LogP contribution is 2.48. The third-order valence-corrected chi connectivity index (χ3v) is 4.38. The summed E-state index contributed by atoms with van der Waals surface area (Å²) in [7, 11) is -1.96. The first kappa shape index (κ1) is 18.3. The molecule has 0 fully saturated rings. The highest BCUT2D eigenvalue weighted by molar-refractivity contribution is 7.54. The first-order valence-electron chi connectivity index (χ1n) is 6.44. The van der Waals surface area contributed by atoms with E-state index in [0.717, 1.165) is 0 Å². The van der Waals surface area contributed by atoms with E-state index in [2.05, 4.69) is 4.74 Å². The Balaban J connectivity index is 4.00. The average Bonchev–Trinajstić information content (AvgIpc) is 2.34. The van der Waals surface area contributed by atoms with E-state index in [1.165, 1.54) is 7.11 Å². The van der Waals surface area contributed by atoms with Gasteiger partial charge in [-0.25, -0.2) is 0 Å². The van der Waals surface area contributed by atoms with Crippen LogP contribution in [0.2, 0.25) is 0 Å². The van der Waals surface area contributed by atoms with Gasteiger partial charge in [-0.15, -0.1) is 0 Å². The standard InChI is InChI=1S/C12H23O6P/c1-4-17-19(15,18-5-2)10-11(13)8-6-7-9-12(14)16-3/h4-10H2,1-3H3. The summed E-state index contributed by atoms with van der Waals surface area (Å²) in [6.07, 6.45) is 1.49. The third kappa shape index (κ3) is 8.92. The van der Waals surface area contributed by atoms with Gasteiger partial charge < -0.3 is 13.8 Å². The highest BCUT2D eigenvalue weighted by Gasteiger charge is 2.26. The van der Waals surface area contributed by atoms with Gasteiger partial charge in [-0.05, 0) is 26.7 Å². The first-order valence-corrected chi connectivity index (χ1v) is 8.16. The molecule has 0 bridgehead atoms. The van der Waals surface area contributed by atoms with E-state index in [1.54, 1.807) is 13.8 Å². The number of unbranched alkanes of at least 4 members (excludes halogenated alkanes) is 1. The van der Waals surface area contributed by atoms with Crippen LogP contribution in [0.3, 0.4) is 0 Å². The Hall–Kier alpha value is -0.710. The van der Waals surface area contributed by atoms with E-state index in [4.69, 9.17) is 9.05 Å². The zero-order valence-electron chi connectivity index (χ0n) is 11.8. The van der Waals surface area contributed by atoms with Gasteiger partial charge in [-0.2, -0.15) is 0 Å². The zero-order chi connectivity index (χ0) is 14.7. The lowest BCUT2D eigenvalue weighted by molar-refractivity contribution is -0.140. The van der Waals surface area contributed by atoms with Gasteiger partial charge in [0.25, 0.3) is 0 Å². The fraction of sp³-hybridized carbons (Fsp3) is 0.833. The Bertz CT molecular complexity index is 318. The Morgan fingerprint density at radius 2 is 1.53 bits per heavy atom. The maximum absolute atomic E-state index is 12.1. The monoisotopic (exact) mass is 294 g/mol. The molecule has 0 N–H and O–H groups in total. The molecule has 0 spiro atoms. The molecule has 0 unspecified atom stereocenters. The molecule has 0 saturated carbocycles. The lowest BCUT2D eigenvalue weighted by atomic mass is 10.1. The molecular formula is C12H23O6P. The van der Waals surface area contributed by atoms with Crippen molar-refractivity contribution in [3.05, 3.63) is 0 Å². The highest BCUT2D eigenvalue weighted by atomic mass is 31.2. The maximum atomic E-state index is 12.1. The summed E-state index contributed by atoms with van der Waals surface area (Å²) in [6, 6.07) is 0. The molecule has 0 radical (unpaired) electrons. The molecule has 0 heterocycles. The van der Waals surface area contributed by atoms with Gasteiger partial charge in [-0.1, -0.05) is 0 Å². The summed E-state index contributed by atoms with van der Waals surface area (Å²) < 4.78 is 26.6. The normalized spacial score (nSPS) is 11.3. The van der Waals surface area contributed by atoms with Crippen molar-refractivity contribution >= 4 is 19.3 Å². The molecule has 7 heteroatoms. The van der Waals surface area contributed by atoms with Crippen molar-refractivity contribution in [3.8, 4) is 0 Å². The van der Waals surface area contributed by atoms with E-state index in [1.807, 2.05) is 0 Å². The van der Waals surface area contributed by atoms with Gasteiger partial charge >= 0.3 is 13.6 Å². The molecule has 0 aliphatic heterocycles. The summed E-state index contributed by atoms with van der Waals surface area (Å²) >= 11 is 0. The summed E-state index contributed by atoms with van der Waals surface area (Å²) in [5, 5.41) is 0. The molecule has 6 nitrogen and oxygen atoms in total. The van der Waals surface area contributed by atoms with E-state index in [0.29, 0.717) is 19.3 Å². The number of ketones is 1. The zero-order valence-corrected chi connectivity index (χ0v) is 12.7. The number of hydrogen-bond donors (Lipinski definition) is 0. The van der Waals surface area contributed by atoms with Crippen LogP contribution in [0.1, 0.15) is 39.5 Å². The molecule has 0 aliphatic carbocycles. The number of carbonyl (C=O) groups excluding carboxylic acids is 2. The van der Waals surface area contributed by atoms with Crippen LogP contribution in [0.4, 0.5) is 0 Å². The van der Waals surface area contributed by atoms with E-state index in [9.17, 15) is 14.2 Å². The van der Waals surface area contributed by atoms with Gasteiger partial charge in [-0.3, -0.25) is 14.2 Å². The number of carbonyl (C=O) groups is 2. The fourth-order valence-corrected chi connectivity index (χ4v) is 3.14. The second-order valence-electron chi connectivity index (χ2n) is 3.93. The van der Waals surface area contributed by atoms with E-state index >= 15 is 0 Å². The van der Waals surface area contributed by atoms with Crippen molar-refractivity contribution < 1.29 is 27.9 Å². The molecule has 112 valence electrons. The van der Waals surface area contributed by atoms with Crippen molar-refractivity contribution in [3.63, 3.8) is 0 Å². The van der Waals surface area contributed by atoms with Gasteiger partial charge in [0.2, 0.25) is 0 Å². The minimum absolute atomic E-state index is 0.171. The SMILES string of the molecule is CCOP(=O)(CC(=O)CCCCC(=O)OC)OCC. The Morgan fingerprint density at radius 3 is 2.00 bits per heavy atom. The summed E-state index contributed by atoms with van der Waals surface area (Å²) in [5.41, 5.74) is 0. The Morgan fingerprint density at radius 1 is 1.00 bits per heavy atom. The number of hydrogen-bond acceptors (Lipinski definition) is 6. The molecule has 0 aromatic carbocycles. The third-order valence-electron chi connectivity index (χ3n) is 2.34. The predicted molar refractivity (Wildman–Crippen MR) is 71.2 cm³/mol. The molecule has 0 atom stereocenters. The summed E-state index contributed by atoms with van der Waals surface area (Å²) in [5.74, 6) is -0.461. The van der Waals surface area contributed by atoms with Gasteiger partial charge in [0.1, 0.15) is 11.9 Å². The number of esters is 1. The lowest BCUT2D eigenvalue weighted by Gasteiger charge is -2.15. The maximum Gasteiger partial charge on any atom is 0.338 e. The molecular weight excluding hydrogens is 271 g/mol. The van der Waals surface area contributed by atoms with Crippen LogP contribution in [0, 0.1) is 0 Å². The van der Waals surface area contributed by atoms with Crippen LogP contribution in [0.15, 0.2) is 0 Å². The van der Waals surface area contributed by atoms with Crippen LogP contribution < -0.4 is 0 Å². The van der Waals surface area contributed by atoms with Crippen LogP contribution in [0.25, 0.3) is 0 Å². The lowest BCUT2D eigenvalue weighted by Crippen LogP contribution is -2.10. The van der Waals surface area contributed by atoms with Crippen molar-refractivity contribution in [2.75, 3.05) is 26.5 Å². The molecule has 0 aromatic heterocycles. The predicted octanol–water partition coefficient (Wildman–Crippen LogP) is 2.56. The van der Waals surface area contributed by atoms with E-state index < -0.39 is 7.60 Å². The summed E-state index contributed by atoms with van der Waals surface area (Å²) in [4.78, 5) is 22.5. The van der Waals surface area contributed by atoms with E-state index in [-0.39, 0.29) is 37.5 Å². The van der Waals surface area contributed by atoms with Gasteiger partial charge in [0.15, 0.2) is 0 Å². The number of ether oxygens (including phenoxy) is 1. The van der Waals surface area contributed by atoms with Crippen molar-refractivity contribution in [1.29, 1.82) is 0 Å². The van der Waals surface area contributed by atoms with Crippen LogP contribution in [-0.2, 0) is 27.9 Å². The largest absolute Gasteiger partial charge is 0.469 e. The van der Waals surface area contributed by atoms with Crippen molar-refractivity contribution in [2.45, 2.75) is 39.5 Å². The van der Waals surface area contributed by atoms with Crippen molar-refractivity contribution in [1.82, 2.24) is 0 Å². The van der Waals surface area contributed by atoms with Crippen molar-refractivity contribution in [2.24, 2.45) is 0 Å². The topological polar surface area (TPSA) is 78.9 Å². The number of Topliss-reactive ketones (excluding diaryl/α,β-unsaturated/α-hetero) is 1. The first-order chi connectivity index (χ1) is 8.97. The molecule has 19 heavy (non-hydrogen) atoms. The average molecular weight is 294 g/mol. The van der Waals surface area contributed by atoms with Crippen LogP contribution in [-0.4, -0.2) is 38.2 Å². The second-order valence-corrected chi connectivity index (χ2v) is 5.98. The molecule has 0 aliphatic rings. The molecule has 0 saturated heterocycles. The van der Waals surface area contributed by atoms with Gasteiger partial charge in [0, 0.05) is 12.8 Å². The van der Waals surface area contributed by atoms with Gasteiger partial charge in [0.05, 0.1) is 20.3 Å². The van der Waals surface area contributed by atoms with Crippen LogP contribution in [0.5, 0.6) is 0 Å². The fourth-order valence-electron chi connectivity index (χ4n) is 1.51. The van der Waals surface area contributed by atoms with Crippen LogP contribution >= 0.6 is 7.60 Å². The smallest absolute Gasteiger partial charge is 0.338 e. The Kier molecular flexibility index (Phi) is 9.74. The number of rotatable bonds is 11. The number of methoxy groups -OCH3 is 1. The molecule has 0 amide bonds. The quantitative estimate of drug-likeness (QED) is 0.331.